The third-order valence-electron chi connectivity index (χ3n) is 4.54. The minimum absolute atomic E-state index is 0.105. The van der Waals surface area contributed by atoms with E-state index < -0.39 is 10.0 Å². The predicted octanol–water partition coefficient (Wildman–Crippen LogP) is 3.81. The van der Waals surface area contributed by atoms with Crippen LogP contribution in [-0.4, -0.2) is 43.9 Å². The summed E-state index contributed by atoms with van der Waals surface area (Å²) in [4.78, 5) is 12.7. The van der Waals surface area contributed by atoms with Crippen molar-refractivity contribution >= 4 is 37.5 Å². The molecule has 1 heterocycles. The first-order valence-electron chi connectivity index (χ1n) is 9.00. The molecule has 3 rings (SSSR count). The summed E-state index contributed by atoms with van der Waals surface area (Å²) in [5.41, 5.74) is 1.93. The van der Waals surface area contributed by atoms with Crippen LogP contribution in [-0.2, 0) is 14.8 Å². The molecular formula is C20H23BrN2O4S. The number of anilines is 1. The Morgan fingerprint density at radius 1 is 1.14 bits per heavy atom. The van der Waals surface area contributed by atoms with Crippen LogP contribution in [0.25, 0.3) is 0 Å². The lowest BCUT2D eigenvalue weighted by atomic mass is 10.2. The van der Waals surface area contributed by atoms with E-state index in [1.54, 1.807) is 18.2 Å². The van der Waals surface area contributed by atoms with Gasteiger partial charge in [0.1, 0.15) is 0 Å². The molecular weight excluding hydrogens is 444 g/mol. The first-order chi connectivity index (χ1) is 13.2. The quantitative estimate of drug-likeness (QED) is 0.742. The largest absolute Gasteiger partial charge is 0.373 e. The third-order valence-corrected chi connectivity index (χ3v) is 7.25. The molecule has 1 amide bonds. The normalized spacial score (nSPS) is 20.7. The summed E-state index contributed by atoms with van der Waals surface area (Å²) < 4.78 is 34.0. The maximum atomic E-state index is 13.0. The number of ether oxygens (including phenoxy) is 1. The van der Waals surface area contributed by atoms with Gasteiger partial charge in [-0.05, 0) is 62.7 Å². The van der Waals surface area contributed by atoms with Crippen LogP contribution < -0.4 is 5.32 Å². The summed E-state index contributed by atoms with van der Waals surface area (Å²) in [7, 11) is -3.70. The van der Waals surface area contributed by atoms with E-state index in [2.05, 4.69) is 21.2 Å². The fourth-order valence-corrected chi connectivity index (χ4v) is 5.08. The Morgan fingerprint density at radius 2 is 1.82 bits per heavy atom. The number of rotatable bonds is 4. The van der Waals surface area contributed by atoms with Crippen LogP contribution in [0.15, 0.2) is 51.8 Å². The highest BCUT2D eigenvalue weighted by Gasteiger charge is 2.32. The Labute approximate surface area is 174 Å². The Kier molecular flexibility index (Phi) is 6.24. The number of hydrogen-bond donors (Lipinski definition) is 1. The van der Waals surface area contributed by atoms with Gasteiger partial charge in [-0.15, -0.1) is 0 Å². The summed E-state index contributed by atoms with van der Waals surface area (Å²) in [5, 5.41) is 2.81. The van der Waals surface area contributed by atoms with Gasteiger partial charge in [0.2, 0.25) is 10.0 Å². The van der Waals surface area contributed by atoms with Crippen LogP contribution in [0.2, 0.25) is 0 Å². The van der Waals surface area contributed by atoms with E-state index in [1.807, 2.05) is 32.9 Å². The maximum absolute atomic E-state index is 13.0. The minimum Gasteiger partial charge on any atom is -0.373 e. The number of nitrogens with one attached hydrogen (secondary N) is 1. The molecule has 2 aromatic carbocycles. The van der Waals surface area contributed by atoms with E-state index in [-0.39, 0.29) is 28.6 Å². The van der Waals surface area contributed by atoms with Crippen molar-refractivity contribution in [3.63, 3.8) is 0 Å². The number of aryl methyl sites for hydroxylation is 1. The highest BCUT2D eigenvalue weighted by Crippen LogP contribution is 2.23. The molecule has 150 valence electrons. The zero-order valence-corrected chi connectivity index (χ0v) is 18.4. The number of amides is 1. The van der Waals surface area contributed by atoms with Crippen LogP contribution in [0, 0.1) is 6.92 Å². The van der Waals surface area contributed by atoms with E-state index in [4.69, 9.17) is 4.74 Å². The first-order valence-corrected chi connectivity index (χ1v) is 11.2. The molecule has 0 radical (unpaired) electrons. The number of benzene rings is 2. The number of carbonyl (C=O) groups is 1. The van der Waals surface area contributed by atoms with Gasteiger partial charge in [-0.25, -0.2) is 8.42 Å². The highest BCUT2D eigenvalue weighted by atomic mass is 79.9. The van der Waals surface area contributed by atoms with Crippen molar-refractivity contribution in [3.8, 4) is 0 Å². The Morgan fingerprint density at radius 3 is 2.46 bits per heavy atom. The standard InChI is InChI=1S/C20H23BrN2O4S/c1-13-9-17(7-8-19(13)21)22-20(24)16-5-4-6-18(10-16)28(25,26)23-11-14(2)27-15(3)12-23/h4-10,14-15H,11-12H2,1-3H3,(H,22,24)/t14-,15-/m0/s1. The summed E-state index contributed by atoms with van der Waals surface area (Å²) >= 11 is 3.43. The van der Waals surface area contributed by atoms with Gasteiger partial charge in [0.15, 0.2) is 0 Å². The van der Waals surface area contributed by atoms with Gasteiger partial charge in [0.05, 0.1) is 17.1 Å². The van der Waals surface area contributed by atoms with Gasteiger partial charge < -0.3 is 10.1 Å². The van der Waals surface area contributed by atoms with E-state index in [0.717, 1.165) is 10.0 Å². The van der Waals surface area contributed by atoms with Crippen molar-refractivity contribution in [1.82, 2.24) is 4.31 Å². The molecule has 1 fully saturated rings. The summed E-state index contributed by atoms with van der Waals surface area (Å²) in [6, 6.07) is 11.6. The number of hydrogen-bond acceptors (Lipinski definition) is 4. The Bertz CT molecular complexity index is 983. The molecule has 8 heteroatoms. The highest BCUT2D eigenvalue weighted by molar-refractivity contribution is 9.10. The molecule has 0 aliphatic carbocycles. The molecule has 2 atom stereocenters. The number of halogens is 1. The van der Waals surface area contributed by atoms with Crippen molar-refractivity contribution in [2.24, 2.45) is 0 Å². The van der Waals surface area contributed by atoms with Gasteiger partial charge in [0, 0.05) is 28.8 Å². The Hall–Kier alpha value is -1.74. The van der Waals surface area contributed by atoms with Crippen molar-refractivity contribution in [1.29, 1.82) is 0 Å². The zero-order chi connectivity index (χ0) is 20.5. The number of carbonyl (C=O) groups excluding carboxylic acids is 1. The molecule has 0 bridgehead atoms. The lowest BCUT2D eigenvalue weighted by Gasteiger charge is -2.34. The minimum atomic E-state index is -3.70. The second-order valence-electron chi connectivity index (χ2n) is 7.03. The van der Waals surface area contributed by atoms with Crippen LogP contribution in [0.1, 0.15) is 29.8 Å². The van der Waals surface area contributed by atoms with Gasteiger partial charge in [0.25, 0.3) is 5.91 Å². The monoisotopic (exact) mass is 466 g/mol. The molecule has 1 N–H and O–H groups in total. The number of nitrogens with zero attached hydrogens (tertiary/aromatic N) is 1. The van der Waals surface area contributed by atoms with Crippen LogP contribution in [0.4, 0.5) is 5.69 Å². The molecule has 1 saturated heterocycles. The van der Waals surface area contributed by atoms with Crippen molar-refractivity contribution in [2.45, 2.75) is 37.9 Å². The van der Waals surface area contributed by atoms with Crippen LogP contribution in [0.3, 0.4) is 0 Å². The van der Waals surface area contributed by atoms with E-state index in [0.29, 0.717) is 18.8 Å². The summed E-state index contributed by atoms with van der Waals surface area (Å²) in [6.45, 7) is 6.21. The van der Waals surface area contributed by atoms with Crippen LogP contribution in [0.5, 0.6) is 0 Å². The predicted molar refractivity (Wildman–Crippen MR) is 112 cm³/mol. The third kappa shape index (κ3) is 4.63. The second kappa shape index (κ2) is 8.32. The molecule has 0 unspecified atom stereocenters. The lowest BCUT2D eigenvalue weighted by Crippen LogP contribution is -2.48. The molecule has 0 spiro atoms. The Balaban J connectivity index is 1.83. The summed E-state index contributed by atoms with van der Waals surface area (Å²) in [5.74, 6) is -0.359. The smallest absolute Gasteiger partial charge is 0.255 e. The van der Waals surface area contributed by atoms with Crippen molar-refractivity contribution < 1.29 is 17.9 Å². The SMILES string of the molecule is Cc1cc(NC(=O)c2cccc(S(=O)(=O)N3C[C@H](C)O[C@@H](C)C3)c2)ccc1Br. The van der Waals surface area contributed by atoms with Gasteiger partial charge in [-0.1, -0.05) is 22.0 Å². The topological polar surface area (TPSA) is 75.7 Å². The average Bonchev–Trinajstić information content (AvgIpc) is 2.64. The average molecular weight is 467 g/mol. The van der Waals surface area contributed by atoms with Gasteiger partial charge in [-0.3, -0.25) is 4.79 Å². The van der Waals surface area contributed by atoms with Gasteiger partial charge in [-0.2, -0.15) is 4.31 Å². The molecule has 28 heavy (non-hydrogen) atoms. The summed E-state index contributed by atoms with van der Waals surface area (Å²) in [6.07, 6.45) is -0.351. The zero-order valence-electron chi connectivity index (χ0n) is 16.0. The fraction of sp³-hybridized carbons (Fsp3) is 0.350. The molecule has 6 nitrogen and oxygen atoms in total. The second-order valence-corrected chi connectivity index (χ2v) is 9.82. The van der Waals surface area contributed by atoms with Crippen molar-refractivity contribution in [3.05, 3.63) is 58.1 Å². The maximum Gasteiger partial charge on any atom is 0.255 e. The van der Waals surface area contributed by atoms with Gasteiger partial charge >= 0.3 is 0 Å². The van der Waals surface area contributed by atoms with E-state index >= 15 is 0 Å². The first kappa shape index (κ1) is 21.0. The van der Waals surface area contributed by atoms with E-state index in [9.17, 15) is 13.2 Å². The fourth-order valence-electron chi connectivity index (χ4n) is 3.20. The van der Waals surface area contributed by atoms with Crippen LogP contribution >= 0.6 is 15.9 Å². The molecule has 0 saturated carbocycles. The number of sulfonamides is 1. The van der Waals surface area contributed by atoms with Crippen molar-refractivity contribution in [2.75, 3.05) is 18.4 Å². The number of morpholine rings is 1. The molecule has 1 aliphatic heterocycles. The molecule has 1 aliphatic rings. The molecule has 0 aromatic heterocycles. The molecule has 2 aromatic rings. The van der Waals surface area contributed by atoms with E-state index in [1.165, 1.54) is 16.4 Å². The lowest BCUT2D eigenvalue weighted by molar-refractivity contribution is -0.0440.